The first kappa shape index (κ1) is 27.5. The second kappa shape index (κ2) is 12.6. The molecule has 1 amide bonds. The van der Waals surface area contributed by atoms with E-state index >= 15 is 0 Å². The van der Waals surface area contributed by atoms with Gasteiger partial charge in [0.25, 0.3) is 0 Å². The van der Waals surface area contributed by atoms with Gasteiger partial charge >= 0.3 is 6.61 Å². The molecule has 6 nitrogen and oxygen atoms in total. The van der Waals surface area contributed by atoms with Gasteiger partial charge in [-0.05, 0) is 48.8 Å². The number of hydrogen-bond donors (Lipinski definition) is 1. The summed E-state index contributed by atoms with van der Waals surface area (Å²) in [6.07, 6.45) is 2.68. The average molecular weight is 479 g/mol. The van der Waals surface area contributed by atoms with E-state index in [0.717, 1.165) is 24.0 Å². The highest BCUT2D eigenvalue weighted by Gasteiger charge is 2.45. The molecule has 1 aliphatic rings. The molecule has 0 spiro atoms. The maximum Gasteiger partial charge on any atom is 0.388 e. The van der Waals surface area contributed by atoms with Crippen LogP contribution in [0.3, 0.4) is 0 Å². The molecule has 34 heavy (non-hydrogen) atoms. The molecule has 188 valence electrons. The Morgan fingerprint density at radius 2 is 1.74 bits per heavy atom. The number of nitrogens with one attached hydrogen (secondary N) is 1. The number of pyridine rings is 1. The van der Waals surface area contributed by atoms with Crippen molar-refractivity contribution in [1.82, 2.24) is 4.98 Å². The summed E-state index contributed by atoms with van der Waals surface area (Å²) in [6, 6.07) is 10.9. The zero-order chi connectivity index (χ0) is 25.3. The third-order valence-corrected chi connectivity index (χ3v) is 6.15. The molecule has 2 aromatic rings. The van der Waals surface area contributed by atoms with Crippen LogP contribution in [0.15, 0.2) is 36.4 Å². The van der Waals surface area contributed by atoms with Gasteiger partial charge in [-0.2, -0.15) is 13.8 Å². The Hall–Kier alpha value is -2.74. The van der Waals surface area contributed by atoms with Crippen molar-refractivity contribution in [1.29, 1.82) is 0 Å². The van der Waals surface area contributed by atoms with E-state index < -0.39 is 12.0 Å². The van der Waals surface area contributed by atoms with Crippen LogP contribution < -0.4 is 14.8 Å². The van der Waals surface area contributed by atoms with Gasteiger partial charge in [0.15, 0.2) is 0 Å². The van der Waals surface area contributed by atoms with E-state index in [1.54, 1.807) is 7.11 Å². The van der Waals surface area contributed by atoms with Crippen molar-refractivity contribution in [2.24, 2.45) is 0 Å². The first-order chi connectivity index (χ1) is 16.3. The van der Waals surface area contributed by atoms with Crippen LogP contribution in [0.4, 0.5) is 14.5 Å². The molecule has 0 radical (unpaired) electrons. The lowest BCUT2D eigenvalue weighted by Gasteiger charge is -2.40. The maximum atomic E-state index is 13.8. The number of anilines is 1. The highest BCUT2D eigenvalue weighted by atomic mass is 19.3. The number of nitrogens with zero attached hydrogens (tertiary/aromatic N) is 1. The monoisotopic (exact) mass is 478 g/mol. The summed E-state index contributed by atoms with van der Waals surface area (Å²) in [6.45, 7) is 5.10. The van der Waals surface area contributed by atoms with Crippen LogP contribution in [0.5, 0.6) is 11.8 Å². The number of halogens is 2. The zero-order valence-electron chi connectivity index (χ0n) is 20.9. The second-order valence-electron chi connectivity index (χ2n) is 8.30. The molecule has 0 unspecified atom stereocenters. The first-order valence-electron chi connectivity index (χ1n) is 11.7. The Balaban J connectivity index is 0.00000199. The van der Waals surface area contributed by atoms with Crippen LogP contribution in [-0.4, -0.2) is 37.8 Å². The minimum absolute atomic E-state index is 0.0753. The molecule has 1 heterocycles. The SMILES string of the molecule is CC.COc1ccc(NC(=O)C2(c3ccccc3C(C)C)CCC(OC)CC2)c(OC(F)F)n1. The van der Waals surface area contributed by atoms with Gasteiger partial charge in [0.05, 0.1) is 18.6 Å². The van der Waals surface area contributed by atoms with E-state index in [9.17, 15) is 13.6 Å². The number of benzene rings is 1. The number of ether oxygens (including phenoxy) is 3. The molecule has 1 aliphatic carbocycles. The predicted molar refractivity (Wildman–Crippen MR) is 129 cm³/mol. The normalized spacial score (nSPS) is 19.9. The van der Waals surface area contributed by atoms with Crippen molar-refractivity contribution in [3.8, 4) is 11.8 Å². The lowest BCUT2D eigenvalue weighted by molar-refractivity contribution is -0.124. The largest absolute Gasteiger partial charge is 0.481 e. The number of methoxy groups -OCH3 is 2. The van der Waals surface area contributed by atoms with Crippen molar-refractivity contribution in [2.45, 2.75) is 77.4 Å². The van der Waals surface area contributed by atoms with Crippen molar-refractivity contribution in [3.05, 3.63) is 47.5 Å². The van der Waals surface area contributed by atoms with E-state index in [2.05, 4.69) is 28.9 Å². The number of amides is 1. The molecule has 1 N–H and O–H groups in total. The minimum atomic E-state index is -3.09. The third-order valence-electron chi connectivity index (χ3n) is 6.15. The number of aromatic nitrogens is 1. The summed E-state index contributed by atoms with van der Waals surface area (Å²) < 4.78 is 41.0. The Morgan fingerprint density at radius 1 is 1.09 bits per heavy atom. The Morgan fingerprint density at radius 3 is 2.29 bits per heavy atom. The van der Waals surface area contributed by atoms with E-state index in [-0.39, 0.29) is 35.4 Å². The molecular formula is C26H36F2N2O4. The second-order valence-corrected chi connectivity index (χ2v) is 8.30. The third kappa shape index (κ3) is 6.23. The average Bonchev–Trinajstić information content (AvgIpc) is 2.85. The van der Waals surface area contributed by atoms with Crippen molar-refractivity contribution in [3.63, 3.8) is 0 Å². The molecular weight excluding hydrogens is 442 g/mol. The topological polar surface area (TPSA) is 69.7 Å². The summed E-state index contributed by atoms with van der Waals surface area (Å²) in [7, 11) is 3.05. The number of carbonyl (C=O) groups is 1. The molecule has 0 saturated heterocycles. The summed E-state index contributed by atoms with van der Waals surface area (Å²) in [4.78, 5) is 17.7. The van der Waals surface area contributed by atoms with Gasteiger partial charge in [-0.15, -0.1) is 0 Å². The van der Waals surface area contributed by atoms with Crippen molar-refractivity contribution in [2.75, 3.05) is 19.5 Å². The Labute approximate surface area is 201 Å². The van der Waals surface area contributed by atoms with E-state index in [0.29, 0.717) is 12.8 Å². The smallest absolute Gasteiger partial charge is 0.388 e. The fraction of sp³-hybridized carbons (Fsp3) is 0.538. The highest BCUT2D eigenvalue weighted by Crippen LogP contribution is 2.44. The van der Waals surface area contributed by atoms with Crippen LogP contribution in [0.25, 0.3) is 0 Å². The number of alkyl halides is 2. The van der Waals surface area contributed by atoms with Crippen LogP contribution in [0, 0.1) is 0 Å². The molecule has 1 saturated carbocycles. The van der Waals surface area contributed by atoms with Crippen molar-refractivity contribution < 1.29 is 27.8 Å². The number of hydrogen-bond acceptors (Lipinski definition) is 5. The van der Waals surface area contributed by atoms with Gasteiger partial charge in [0.1, 0.15) is 5.69 Å². The van der Waals surface area contributed by atoms with Crippen LogP contribution in [-0.2, 0) is 14.9 Å². The van der Waals surface area contributed by atoms with E-state index in [4.69, 9.17) is 9.47 Å². The van der Waals surface area contributed by atoms with E-state index in [1.165, 1.54) is 19.2 Å². The fourth-order valence-electron chi connectivity index (χ4n) is 4.42. The lowest BCUT2D eigenvalue weighted by Crippen LogP contribution is -2.45. The van der Waals surface area contributed by atoms with Crippen LogP contribution in [0.2, 0.25) is 0 Å². The molecule has 0 bridgehead atoms. The summed E-state index contributed by atoms with van der Waals surface area (Å²) in [5.74, 6) is -0.327. The molecule has 0 atom stereocenters. The van der Waals surface area contributed by atoms with Crippen LogP contribution in [0.1, 0.15) is 70.4 Å². The van der Waals surface area contributed by atoms with Gasteiger partial charge in [-0.25, -0.2) is 0 Å². The predicted octanol–water partition coefficient (Wildman–Crippen LogP) is 6.31. The Kier molecular flexibility index (Phi) is 10.2. The van der Waals surface area contributed by atoms with Gasteiger partial charge in [-0.3, -0.25) is 4.79 Å². The fourth-order valence-corrected chi connectivity index (χ4v) is 4.42. The Bertz CT molecular complexity index is 929. The zero-order valence-corrected chi connectivity index (χ0v) is 20.9. The van der Waals surface area contributed by atoms with Crippen LogP contribution >= 0.6 is 0 Å². The molecule has 1 aromatic heterocycles. The molecule has 1 aromatic carbocycles. The van der Waals surface area contributed by atoms with E-state index in [1.807, 2.05) is 38.1 Å². The molecule has 3 rings (SSSR count). The molecule has 0 aliphatic heterocycles. The van der Waals surface area contributed by atoms with Gasteiger partial charge < -0.3 is 19.5 Å². The summed E-state index contributed by atoms with van der Waals surface area (Å²) >= 11 is 0. The van der Waals surface area contributed by atoms with Gasteiger partial charge in [0.2, 0.25) is 17.7 Å². The summed E-state index contributed by atoms with van der Waals surface area (Å²) in [5.41, 5.74) is 1.31. The van der Waals surface area contributed by atoms with Gasteiger partial charge in [0, 0.05) is 13.2 Å². The molecule has 8 heteroatoms. The highest BCUT2D eigenvalue weighted by molar-refractivity contribution is 6.00. The summed E-state index contributed by atoms with van der Waals surface area (Å²) in [5, 5.41) is 2.82. The maximum absolute atomic E-state index is 13.8. The number of rotatable bonds is 8. The van der Waals surface area contributed by atoms with Gasteiger partial charge in [-0.1, -0.05) is 52.0 Å². The van der Waals surface area contributed by atoms with Crippen molar-refractivity contribution >= 4 is 11.6 Å². The quantitative estimate of drug-likeness (QED) is 0.482. The first-order valence-corrected chi connectivity index (χ1v) is 11.7. The standard InChI is InChI=1S/C24H30F2N2O4.C2H6/c1-15(2)17-7-5-6-8-18(17)24(13-11-16(30-3)12-14-24)22(29)27-19-9-10-20(31-4)28-21(19)32-23(25)26;1-2/h5-10,15-16,23H,11-14H2,1-4H3,(H,27,29);1-2H3. The molecule has 1 fully saturated rings. The number of carbonyl (C=O) groups excluding carboxylic acids is 1. The minimum Gasteiger partial charge on any atom is -0.481 e. The lowest BCUT2D eigenvalue weighted by atomic mass is 9.66.